The Bertz CT molecular complexity index is 880. The van der Waals surface area contributed by atoms with Crippen LogP contribution in [0.1, 0.15) is 0 Å². The molecular formula is C16H9N2S. The molecule has 19 heavy (non-hydrogen) atoms. The molecule has 0 fully saturated rings. The third-order valence-electron chi connectivity index (χ3n) is 3.19. The average molecular weight is 261 g/mol. The molecule has 0 saturated heterocycles. The number of pyridine rings is 1. The van der Waals surface area contributed by atoms with E-state index < -0.39 is 0 Å². The summed E-state index contributed by atoms with van der Waals surface area (Å²) in [6.45, 7) is 0. The number of hydrogen-bond acceptors (Lipinski definition) is 3. The highest BCUT2D eigenvalue weighted by Gasteiger charge is 2.07. The van der Waals surface area contributed by atoms with E-state index in [-0.39, 0.29) is 0 Å². The minimum Gasteiger partial charge on any atom is -0.248 e. The zero-order chi connectivity index (χ0) is 12.7. The van der Waals surface area contributed by atoms with Gasteiger partial charge in [-0.15, -0.1) is 11.3 Å². The second-order valence-corrected chi connectivity index (χ2v) is 5.17. The van der Waals surface area contributed by atoms with Crippen molar-refractivity contribution < 1.29 is 0 Å². The fraction of sp³-hybridized carbons (Fsp3) is 0. The molecule has 3 heteroatoms. The Balaban J connectivity index is 2.01. The predicted molar refractivity (Wildman–Crippen MR) is 79.2 cm³/mol. The van der Waals surface area contributed by atoms with E-state index in [4.69, 9.17) is 4.98 Å². The van der Waals surface area contributed by atoms with Crippen molar-refractivity contribution in [3.8, 4) is 11.3 Å². The van der Waals surface area contributed by atoms with Crippen LogP contribution < -0.4 is 0 Å². The predicted octanol–water partition coefficient (Wildman–Crippen LogP) is 4.31. The summed E-state index contributed by atoms with van der Waals surface area (Å²) >= 11 is 1.54. The van der Waals surface area contributed by atoms with Gasteiger partial charge in [0, 0.05) is 10.9 Å². The summed E-state index contributed by atoms with van der Waals surface area (Å²) in [5, 5.41) is 1.16. The molecule has 1 radical (unpaired) electrons. The highest BCUT2D eigenvalue weighted by atomic mass is 32.1. The van der Waals surface area contributed by atoms with Gasteiger partial charge in [0.15, 0.2) is 5.51 Å². The van der Waals surface area contributed by atoms with Crippen LogP contribution in [-0.2, 0) is 0 Å². The SMILES string of the molecule is [c]1nc2c(-c3ccc4ccccc4n3)cccc2s1. The molecule has 0 saturated carbocycles. The third-order valence-corrected chi connectivity index (χ3v) is 3.92. The van der Waals surface area contributed by atoms with Crippen LogP contribution >= 0.6 is 11.3 Å². The lowest BCUT2D eigenvalue weighted by atomic mass is 10.1. The van der Waals surface area contributed by atoms with Gasteiger partial charge in [0.05, 0.1) is 21.4 Å². The van der Waals surface area contributed by atoms with Crippen LogP contribution in [0.3, 0.4) is 0 Å². The number of rotatable bonds is 1. The Morgan fingerprint density at radius 2 is 1.84 bits per heavy atom. The number of hydrogen-bond donors (Lipinski definition) is 0. The lowest BCUT2D eigenvalue weighted by molar-refractivity contribution is 1.39. The van der Waals surface area contributed by atoms with E-state index >= 15 is 0 Å². The maximum Gasteiger partial charge on any atom is 0.153 e. The van der Waals surface area contributed by atoms with E-state index in [1.807, 2.05) is 24.3 Å². The van der Waals surface area contributed by atoms with E-state index in [2.05, 4.69) is 40.8 Å². The second-order valence-electron chi connectivity index (χ2n) is 4.35. The van der Waals surface area contributed by atoms with Gasteiger partial charge in [-0.25, -0.2) is 9.97 Å². The minimum absolute atomic E-state index is 0.962. The summed E-state index contributed by atoms with van der Waals surface area (Å²) in [6, 6.07) is 18.5. The van der Waals surface area contributed by atoms with Gasteiger partial charge < -0.3 is 0 Å². The summed E-state index contributed by atoms with van der Waals surface area (Å²) in [5.74, 6) is 0. The lowest BCUT2D eigenvalue weighted by Gasteiger charge is -2.04. The van der Waals surface area contributed by atoms with Gasteiger partial charge in [-0.2, -0.15) is 0 Å². The molecule has 2 nitrogen and oxygen atoms in total. The van der Waals surface area contributed by atoms with Gasteiger partial charge in [0.2, 0.25) is 0 Å². The van der Waals surface area contributed by atoms with Crippen LogP contribution in [0.4, 0.5) is 0 Å². The quantitative estimate of drug-likeness (QED) is 0.510. The fourth-order valence-electron chi connectivity index (χ4n) is 2.26. The van der Waals surface area contributed by atoms with Crippen molar-refractivity contribution in [2.75, 3.05) is 0 Å². The van der Waals surface area contributed by atoms with E-state index in [1.165, 1.54) is 11.3 Å². The summed E-state index contributed by atoms with van der Waals surface area (Å²) in [5.41, 5.74) is 6.97. The second kappa shape index (κ2) is 4.14. The van der Waals surface area contributed by atoms with Crippen molar-refractivity contribution in [3.63, 3.8) is 0 Å². The molecule has 89 valence electrons. The lowest BCUT2D eigenvalue weighted by Crippen LogP contribution is -1.86. The van der Waals surface area contributed by atoms with Crippen molar-refractivity contribution in [1.29, 1.82) is 0 Å². The number of thiazole rings is 1. The highest BCUT2D eigenvalue weighted by molar-refractivity contribution is 7.16. The van der Waals surface area contributed by atoms with E-state index in [0.29, 0.717) is 0 Å². The Morgan fingerprint density at radius 1 is 0.895 bits per heavy atom. The van der Waals surface area contributed by atoms with Crippen molar-refractivity contribution in [2.24, 2.45) is 0 Å². The zero-order valence-electron chi connectivity index (χ0n) is 10.00. The fourth-order valence-corrected chi connectivity index (χ4v) is 2.89. The zero-order valence-corrected chi connectivity index (χ0v) is 10.8. The molecule has 0 atom stereocenters. The first-order chi connectivity index (χ1) is 9.42. The number of aromatic nitrogens is 2. The monoisotopic (exact) mass is 261 g/mol. The molecule has 2 heterocycles. The standard InChI is InChI=1S/C16H9N2S/c1-2-6-13-11(4-1)8-9-14(18-13)12-5-3-7-15-16(12)17-10-19-15/h1-9H. The summed E-state index contributed by atoms with van der Waals surface area (Å²) in [4.78, 5) is 9.05. The molecule has 0 aliphatic rings. The van der Waals surface area contributed by atoms with Crippen molar-refractivity contribution in [1.82, 2.24) is 9.97 Å². The van der Waals surface area contributed by atoms with Gasteiger partial charge in [0.25, 0.3) is 0 Å². The average Bonchev–Trinajstić information content (AvgIpc) is 2.95. The molecule has 4 aromatic rings. The molecule has 2 aromatic carbocycles. The summed E-state index contributed by atoms with van der Waals surface area (Å²) < 4.78 is 1.15. The van der Waals surface area contributed by atoms with Crippen LogP contribution in [0.25, 0.3) is 32.4 Å². The van der Waals surface area contributed by atoms with Crippen LogP contribution in [0.2, 0.25) is 0 Å². The van der Waals surface area contributed by atoms with Crippen molar-refractivity contribution in [3.05, 3.63) is 60.1 Å². The number of fused-ring (bicyclic) bond motifs is 2. The Labute approximate surface area is 114 Å². The third kappa shape index (κ3) is 1.71. The number of para-hydroxylation sites is 2. The largest absolute Gasteiger partial charge is 0.248 e. The van der Waals surface area contributed by atoms with Crippen molar-refractivity contribution in [2.45, 2.75) is 0 Å². The van der Waals surface area contributed by atoms with E-state index in [0.717, 1.165) is 32.4 Å². The smallest absolute Gasteiger partial charge is 0.153 e. The molecule has 0 spiro atoms. The molecule has 0 aliphatic heterocycles. The van der Waals surface area contributed by atoms with Gasteiger partial charge in [-0.05, 0) is 18.2 Å². The van der Waals surface area contributed by atoms with E-state index in [9.17, 15) is 0 Å². The maximum atomic E-state index is 4.73. The first kappa shape index (κ1) is 10.6. The van der Waals surface area contributed by atoms with Crippen LogP contribution in [0, 0.1) is 5.51 Å². The first-order valence-corrected chi connectivity index (χ1v) is 6.85. The topological polar surface area (TPSA) is 25.8 Å². The van der Waals surface area contributed by atoms with E-state index in [1.54, 1.807) is 0 Å². The first-order valence-electron chi connectivity index (χ1n) is 6.03. The number of nitrogens with zero attached hydrogens (tertiary/aromatic N) is 2. The van der Waals surface area contributed by atoms with Crippen LogP contribution in [-0.4, -0.2) is 9.97 Å². The Hall–Kier alpha value is -2.26. The molecule has 2 aromatic heterocycles. The molecule has 0 N–H and O–H groups in total. The van der Waals surface area contributed by atoms with Crippen molar-refractivity contribution >= 4 is 32.5 Å². The summed E-state index contributed by atoms with van der Waals surface area (Å²) in [7, 11) is 0. The van der Waals surface area contributed by atoms with Crippen LogP contribution in [0.5, 0.6) is 0 Å². The van der Waals surface area contributed by atoms with Gasteiger partial charge in [-0.1, -0.05) is 36.4 Å². The highest BCUT2D eigenvalue weighted by Crippen LogP contribution is 2.29. The Morgan fingerprint density at radius 3 is 2.84 bits per heavy atom. The minimum atomic E-state index is 0.962. The molecule has 0 bridgehead atoms. The molecule has 4 rings (SSSR count). The Kier molecular flexibility index (Phi) is 2.32. The van der Waals surface area contributed by atoms with Crippen LogP contribution in [0.15, 0.2) is 54.6 Å². The van der Waals surface area contributed by atoms with Gasteiger partial charge in [-0.3, -0.25) is 0 Å². The maximum absolute atomic E-state index is 4.73. The molecule has 0 aliphatic carbocycles. The summed E-state index contributed by atoms with van der Waals surface area (Å²) in [6.07, 6.45) is 0. The molecule has 0 amide bonds. The molecule has 0 unspecified atom stereocenters. The number of benzene rings is 2. The normalized spacial score (nSPS) is 11.2. The van der Waals surface area contributed by atoms with Gasteiger partial charge >= 0.3 is 0 Å². The molecular weight excluding hydrogens is 252 g/mol. The van der Waals surface area contributed by atoms with Gasteiger partial charge in [0.1, 0.15) is 0 Å².